The van der Waals surface area contributed by atoms with Crippen LogP contribution in [0.15, 0.2) is 192 Å². The number of thiophene rings is 1. The number of hydrogen-bond acceptors (Lipinski definition) is 6. The fraction of sp³-hybridized carbons (Fsp3) is 0.169. The van der Waals surface area contributed by atoms with Gasteiger partial charge in [-0.25, -0.2) is 9.97 Å². The second-order valence-corrected chi connectivity index (χ2v) is 24.0. The van der Waals surface area contributed by atoms with Crippen LogP contribution in [0.3, 0.4) is 0 Å². The van der Waals surface area contributed by atoms with Gasteiger partial charge in [0.05, 0.1) is 11.3 Å². The molecule has 13 rings (SSSR count). The van der Waals surface area contributed by atoms with Crippen LogP contribution in [0.4, 0.5) is 0 Å². The number of hydrogen-bond donors (Lipinski definition) is 0. The van der Waals surface area contributed by atoms with Gasteiger partial charge in [-0.2, -0.15) is 0 Å². The van der Waals surface area contributed by atoms with Gasteiger partial charge in [-0.1, -0.05) is 168 Å². The molecule has 0 aliphatic rings. The van der Waals surface area contributed by atoms with Crippen molar-refractivity contribution in [2.24, 2.45) is 0 Å². The Hall–Kier alpha value is -8.20. The van der Waals surface area contributed by atoms with Crippen LogP contribution < -0.4 is 11.1 Å². The van der Waals surface area contributed by atoms with Crippen LogP contribution in [-0.2, 0) is 56.6 Å². The van der Waals surface area contributed by atoms with Gasteiger partial charge in [0.1, 0.15) is 0 Å². The topological polar surface area (TPSA) is 81.6 Å². The van der Waals surface area contributed by atoms with E-state index in [2.05, 4.69) is 203 Å². The monoisotopic (exact) mass is 1240 g/mol. The zero-order chi connectivity index (χ0) is 54.2. The molecule has 392 valence electrons. The van der Waals surface area contributed by atoms with E-state index in [0.717, 1.165) is 114 Å². The predicted molar refractivity (Wildman–Crippen MR) is 326 cm³/mol. The molecule has 0 amide bonds. The summed E-state index contributed by atoms with van der Waals surface area (Å²) < 4.78 is 6.59. The molecule has 13 aromatic rings. The zero-order valence-corrected chi connectivity index (χ0v) is 48.7. The van der Waals surface area contributed by atoms with Crippen molar-refractivity contribution in [3.63, 3.8) is 0 Å². The molecule has 0 atom stereocenters. The number of aromatic nitrogens is 5. The second-order valence-electron chi connectivity index (χ2n) is 22.9. The van der Waals surface area contributed by atoms with E-state index in [1.165, 1.54) is 31.3 Å². The molecule has 6 heterocycles. The minimum atomic E-state index is -0.242. The van der Waals surface area contributed by atoms with Crippen LogP contribution in [0, 0.1) is 18.2 Å². The van der Waals surface area contributed by atoms with Crippen LogP contribution in [0.5, 0.6) is 0 Å². The summed E-state index contributed by atoms with van der Waals surface area (Å²) in [7, 11) is 0. The molecule has 0 saturated carbocycles. The third-order valence-corrected chi connectivity index (χ3v) is 16.5. The van der Waals surface area contributed by atoms with E-state index in [0.29, 0.717) is 11.3 Å². The number of pyridine rings is 3. The van der Waals surface area contributed by atoms with Gasteiger partial charge in [0.2, 0.25) is 0 Å². The van der Waals surface area contributed by atoms with Crippen LogP contribution in [-0.4, -0.2) is 23.8 Å². The summed E-state index contributed by atoms with van der Waals surface area (Å²) in [6, 6.07) is 68.7. The minimum absolute atomic E-state index is 0. The summed E-state index contributed by atoms with van der Waals surface area (Å²) in [5.74, 6) is 0. The largest absolute Gasteiger partial charge is 3.00 e. The van der Waals surface area contributed by atoms with Crippen LogP contribution >= 0.6 is 11.3 Å². The first-order valence-corrected chi connectivity index (χ1v) is 27.9. The maximum Gasteiger partial charge on any atom is 3.00 e. The standard InChI is InChI=1S/C71H56N5O2S.Ir/c1-70(2,3)64-42-66(77)73-68-54-26-22-44(36-49(54)30-33-75(64)68)18-20-46-35-47(21-19-45-23-27-55-50(37-45)31-34-76-65(71(4,5)6)43-67(78)74-69(55)76)39-52(38-46)53-13-7-8-14-56(53)57-28-25-51(61-16-11-12-32-72-61)40-60(57)48-24-29-59-58-15-9-10-17-62(58)79-63(59)41-48;/h7-17,22-24,28-43H,18-21H2,1-6H3;/q-3;+3. The Morgan fingerprint density at radius 1 is 0.475 bits per heavy atom. The van der Waals surface area contributed by atoms with Crippen LogP contribution in [0.25, 0.3) is 97.6 Å². The molecule has 0 aliphatic carbocycles. The van der Waals surface area contributed by atoms with E-state index in [1.54, 1.807) is 12.1 Å². The third kappa shape index (κ3) is 10.00. The minimum Gasteiger partial charge on any atom is -0.345 e. The molecule has 80 heavy (non-hydrogen) atoms. The average Bonchev–Trinajstić information content (AvgIpc) is 3.86. The van der Waals surface area contributed by atoms with Crippen molar-refractivity contribution < 1.29 is 20.1 Å². The van der Waals surface area contributed by atoms with Crippen molar-refractivity contribution in [1.82, 2.24) is 23.8 Å². The predicted octanol–water partition coefficient (Wildman–Crippen LogP) is 16.0. The second kappa shape index (κ2) is 20.8. The molecule has 0 unspecified atom stereocenters. The first-order valence-electron chi connectivity index (χ1n) is 27.0. The Kier molecular flexibility index (Phi) is 13.6. The smallest absolute Gasteiger partial charge is 0.345 e. The van der Waals surface area contributed by atoms with Crippen molar-refractivity contribution in [3.05, 3.63) is 255 Å². The molecule has 0 spiro atoms. The first-order chi connectivity index (χ1) is 38.2. The van der Waals surface area contributed by atoms with Gasteiger partial charge >= 0.3 is 20.1 Å². The molecule has 0 fully saturated rings. The number of aryl methyl sites for hydroxylation is 4. The molecule has 0 N–H and O–H groups in total. The number of fused-ring (bicyclic) bond motifs is 9. The normalized spacial score (nSPS) is 12.1. The molecule has 6 aromatic heterocycles. The Labute approximate surface area is 482 Å². The Morgan fingerprint density at radius 2 is 1.04 bits per heavy atom. The SMILES string of the molecule is CC(C)(C)c1cc(=O)nc2c3[c-]cc(CCc4cc(CCc5c[c-]c6c(ccn7c(C(C)(C)C)cc(=O)nc67)c5)cc(-c5ccccc5-c5c[c-]c(-c6ccccn6)cc5-c5ccc6c(c5)sc5ccccc56)c4)cc3ccn12.[Ir+3]. The van der Waals surface area contributed by atoms with Gasteiger partial charge < -0.3 is 13.8 Å². The maximum absolute atomic E-state index is 12.9. The summed E-state index contributed by atoms with van der Waals surface area (Å²) in [6.45, 7) is 12.7. The molecule has 7 nitrogen and oxygen atoms in total. The quantitative estimate of drug-likeness (QED) is 0.101. The van der Waals surface area contributed by atoms with Gasteiger partial charge in [-0.3, -0.25) is 9.59 Å². The molecule has 0 bridgehead atoms. The molecular weight excluding hydrogens is 1180 g/mol. The Morgan fingerprint density at radius 3 is 1.64 bits per heavy atom. The fourth-order valence-corrected chi connectivity index (χ4v) is 12.6. The fourth-order valence-electron chi connectivity index (χ4n) is 11.4. The maximum atomic E-state index is 12.9. The summed E-state index contributed by atoms with van der Waals surface area (Å²) in [4.78, 5) is 39.5. The van der Waals surface area contributed by atoms with E-state index < -0.39 is 0 Å². The summed E-state index contributed by atoms with van der Waals surface area (Å²) in [5, 5.41) is 6.22. The Balaban J connectivity index is 0.00000637. The van der Waals surface area contributed by atoms with Crippen LogP contribution in [0.2, 0.25) is 0 Å². The van der Waals surface area contributed by atoms with E-state index in [-0.39, 0.29) is 42.1 Å². The van der Waals surface area contributed by atoms with E-state index in [1.807, 2.05) is 56.9 Å². The molecule has 0 radical (unpaired) electrons. The molecular formula is C71H56IrN5O2S. The van der Waals surface area contributed by atoms with Gasteiger partial charge in [0.15, 0.2) is 0 Å². The van der Waals surface area contributed by atoms with E-state index in [4.69, 9.17) is 4.98 Å². The number of nitrogens with zero attached hydrogens (tertiary/aromatic N) is 5. The van der Waals surface area contributed by atoms with Gasteiger partial charge in [0, 0.05) is 60.7 Å². The first kappa shape index (κ1) is 52.5. The molecule has 7 aromatic carbocycles. The van der Waals surface area contributed by atoms with E-state index in [9.17, 15) is 9.59 Å². The van der Waals surface area contributed by atoms with Crippen molar-refractivity contribution in [3.8, 4) is 44.6 Å². The zero-order valence-electron chi connectivity index (χ0n) is 45.4. The number of benzene rings is 7. The van der Waals surface area contributed by atoms with Crippen molar-refractivity contribution in [2.45, 2.75) is 78.1 Å². The summed E-state index contributed by atoms with van der Waals surface area (Å²) >= 11 is 1.83. The molecule has 0 saturated heterocycles. The van der Waals surface area contributed by atoms with Gasteiger partial charge in [-0.05, 0) is 76.9 Å². The third-order valence-electron chi connectivity index (χ3n) is 15.3. The number of rotatable bonds is 10. The van der Waals surface area contributed by atoms with Gasteiger partial charge in [0.25, 0.3) is 11.1 Å². The van der Waals surface area contributed by atoms with Crippen molar-refractivity contribution >= 4 is 64.3 Å². The van der Waals surface area contributed by atoms with Gasteiger partial charge in [-0.15, -0.1) is 104 Å². The Bertz CT molecular complexity index is 4520. The summed E-state index contributed by atoms with van der Waals surface area (Å²) in [6.07, 6.45) is 9.09. The molecule has 9 heteroatoms. The van der Waals surface area contributed by atoms with Crippen LogP contribution in [0.1, 0.15) is 75.2 Å². The van der Waals surface area contributed by atoms with Crippen molar-refractivity contribution in [1.29, 1.82) is 0 Å². The van der Waals surface area contributed by atoms with Crippen molar-refractivity contribution in [2.75, 3.05) is 0 Å². The molecule has 0 aliphatic heterocycles. The average molecular weight is 1240 g/mol. The summed E-state index contributed by atoms with van der Waals surface area (Å²) in [5.41, 5.74) is 15.5. The van der Waals surface area contributed by atoms with E-state index >= 15 is 0 Å².